The molecular weight excluding hydrogens is 266 g/mol. The van der Waals surface area contributed by atoms with Gasteiger partial charge in [-0.3, -0.25) is 19.6 Å². The zero-order valence-corrected chi connectivity index (χ0v) is 10.5. The first kappa shape index (κ1) is 15.6. The number of carbonyl (C=O) groups is 3. The molecule has 0 aliphatic carbocycles. The predicted molar refractivity (Wildman–Crippen MR) is 65.8 cm³/mol. The average molecular weight is 280 g/mol. The molecule has 20 heavy (non-hydrogen) atoms. The molecule has 3 amide bonds. The summed E-state index contributed by atoms with van der Waals surface area (Å²) in [6.45, 7) is -1.46. The summed E-state index contributed by atoms with van der Waals surface area (Å²) in [4.78, 5) is 33.9. The molecule has 1 radical (unpaired) electrons. The number of rotatable bonds is 6. The number of carbonyl (C=O) groups excluding carboxylic acids is 3. The second-order valence-corrected chi connectivity index (χ2v) is 3.81. The molecule has 0 aliphatic rings. The van der Waals surface area contributed by atoms with Crippen molar-refractivity contribution in [1.29, 1.82) is 0 Å². The molecule has 1 aromatic carbocycles. The molecule has 0 unspecified atom stereocenters. The van der Waals surface area contributed by atoms with Crippen molar-refractivity contribution in [2.24, 2.45) is 0 Å². The fraction of sp³-hybridized carbons (Fsp3) is 0.250. The van der Waals surface area contributed by atoms with Crippen LogP contribution < -0.4 is 16.1 Å². The van der Waals surface area contributed by atoms with Crippen LogP contribution in [0.5, 0.6) is 0 Å². The molecule has 107 valence electrons. The van der Waals surface area contributed by atoms with Gasteiger partial charge in [-0.05, 0) is 5.56 Å². The summed E-state index contributed by atoms with van der Waals surface area (Å²) in [5.74, 6) is -2.30. The number of benzene rings is 1. The predicted octanol–water partition coefficient (Wildman–Crippen LogP) is -1.10. The minimum Gasteiger partial charge on any atom is -0.345 e. The molecule has 0 heterocycles. The van der Waals surface area contributed by atoms with Crippen LogP contribution in [0.1, 0.15) is 11.6 Å². The Labute approximate surface area is 114 Å². The summed E-state index contributed by atoms with van der Waals surface area (Å²) in [6.07, 6.45) is 0. The summed E-state index contributed by atoms with van der Waals surface area (Å²) in [5, 5.41) is 23.3. The second kappa shape index (κ2) is 7.87. The maximum absolute atomic E-state index is 11.9. The highest BCUT2D eigenvalue weighted by atomic mass is 16.5. The van der Waals surface area contributed by atoms with E-state index in [1.165, 1.54) is 5.48 Å². The number of nitrogens with one attached hydrogen (secondary N) is 3. The first-order chi connectivity index (χ1) is 9.58. The molecule has 1 aromatic rings. The van der Waals surface area contributed by atoms with Crippen molar-refractivity contribution in [1.82, 2.24) is 16.1 Å². The SMILES string of the molecule is [O]CC(=O)N[C@@H](C(=O)NCC(=O)NO)c1ccccc1. The summed E-state index contributed by atoms with van der Waals surface area (Å²) < 4.78 is 0. The van der Waals surface area contributed by atoms with E-state index >= 15 is 0 Å². The lowest BCUT2D eigenvalue weighted by atomic mass is 10.1. The molecule has 0 bridgehead atoms. The quantitative estimate of drug-likeness (QED) is 0.389. The minimum atomic E-state index is -1.08. The smallest absolute Gasteiger partial charge is 0.262 e. The fourth-order valence-electron chi connectivity index (χ4n) is 1.46. The van der Waals surface area contributed by atoms with Crippen LogP contribution in [0.3, 0.4) is 0 Å². The Hall–Kier alpha value is -2.45. The van der Waals surface area contributed by atoms with Crippen LogP contribution in [0.2, 0.25) is 0 Å². The first-order valence-electron chi connectivity index (χ1n) is 5.71. The monoisotopic (exact) mass is 280 g/mol. The zero-order chi connectivity index (χ0) is 15.0. The molecule has 1 rings (SSSR count). The van der Waals surface area contributed by atoms with Crippen LogP contribution in [-0.2, 0) is 19.5 Å². The third-order valence-corrected chi connectivity index (χ3v) is 2.38. The molecule has 8 heteroatoms. The van der Waals surface area contributed by atoms with Crippen LogP contribution in [0.25, 0.3) is 0 Å². The van der Waals surface area contributed by atoms with E-state index in [2.05, 4.69) is 10.6 Å². The summed E-state index contributed by atoms with van der Waals surface area (Å²) in [6, 6.07) is 7.18. The standard InChI is InChI=1S/C12H14N3O5/c16-7-10(18)14-11(8-4-2-1-3-5-8)12(19)13-6-9(17)15-20/h1-5,11,20H,6-7H2,(H,13,19)(H,14,18)(H,15,17)/t11-/m1/s1. The molecular formula is C12H14N3O5. The maximum atomic E-state index is 11.9. The van der Waals surface area contributed by atoms with Gasteiger partial charge in [0.05, 0.1) is 6.54 Å². The molecule has 4 N–H and O–H groups in total. The Bertz CT molecular complexity index is 477. The van der Waals surface area contributed by atoms with Crippen molar-refractivity contribution in [3.05, 3.63) is 35.9 Å². The van der Waals surface area contributed by atoms with Gasteiger partial charge in [-0.15, -0.1) is 0 Å². The van der Waals surface area contributed by atoms with Gasteiger partial charge in [0.15, 0.2) is 6.61 Å². The maximum Gasteiger partial charge on any atom is 0.262 e. The van der Waals surface area contributed by atoms with Gasteiger partial charge in [-0.25, -0.2) is 10.6 Å². The van der Waals surface area contributed by atoms with Crippen molar-refractivity contribution in [3.8, 4) is 0 Å². The number of hydrogen-bond acceptors (Lipinski definition) is 4. The Balaban J connectivity index is 2.79. The van der Waals surface area contributed by atoms with E-state index in [0.717, 1.165) is 0 Å². The first-order valence-corrected chi connectivity index (χ1v) is 5.71. The van der Waals surface area contributed by atoms with E-state index in [1.54, 1.807) is 30.3 Å². The van der Waals surface area contributed by atoms with Crippen molar-refractivity contribution in [3.63, 3.8) is 0 Å². The van der Waals surface area contributed by atoms with E-state index in [4.69, 9.17) is 5.21 Å². The zero-order valence-electron chi connectivity index (χ0n) is 10.5. The Morgan fingerprint density at radius 3 is 2.30 bits per heavy atom. The van der Waals surface area contributed by atoms with Crippen LogP contribution >= 0.6 is 0 Å². The average Bonchev–Trinajstić information content (AvgIpc) is 2.50. The van der Waals surface area contributed by atoms with Gasteiger partial charge in [-0.2, -0.15) is 0 Å². The van der Waals surface area contributed by atoms with E-state index in [9.17, 15) is 19.5 Å². The van der Waals surface area contributed by atoms with Gasteiger partial charge in [0.25, 0.3) is 5.91 Å². The lowest BCUT2D eigenvalue weighted by Gasteiger charge is -2.17. The third kappa shape index (κ3) is 4.67. The number of hydrogen-bond donors (Lipinski definition) is 4. The highest BCUT2D eigenvalue weighted by Crippen LogP contribution is 2.12. The summed E-state index contributed by atoms with van der Waals surface area (Å²) in [5.41, 5.74) is 1.83. The van der Waals surface area contributed by atoms with Gasteiger partial charge in [0.2, 0.25) is 11.8 Å². The van der Waals surface area contributed by atoms with E-state index in [1.807, 2.05) is 0 Å². The van der Waals surface area contributed by atoms with Crippen molar-refractivity contribution in [2.45, 2.75) is 6.04 Å². The van der Waals surface area contributed by atoms with Crippen LogP contribution in [0.15, 0.2) is 30.3 Å². The van der Waals surface area contributed by atoms with E-state index in [0.29, 0.717) is 5.56 Å². The van der Waals surface area contributed by atoms with Crippen molar-refractivity contribution < 1.29 is 24.7 Å². The van der Waals surface area contributed by atoms with Crippen LogP contribution in [0, 0.1) is 0 Å². The summed E-state index contributed by atoms with van der Waals surface area (Å²) in [7, 11) is 0. The van der Waals surface area contributed by atoms with Crippen LogP contribution in [-0.4, -0.2) is 36.1 Å². The van der Waals surface area contributed by atoms with Crippen molar-refractivity contribution >= 4 is 17.7 Å². The van der Waals surface area contributed by atoms with Gasteiger partial charge in [0, 0.05) is 0 Å². The summed E-state index contributed by atoms with van der Waals surface area (Å²) >= 11 is 0. The number of amides is 3. The van der Waals surface area contributed by atoms with E-state index < -0.39 is 36.9 Å². The molecule has 0 aromatic heterocycles. The largest absolute Gasteiger partial charge is 0.345 e. The molecule has 0 saturated heterocycles. The molecule has 1 atom stereocenters. The van der Waals surface area contributed by atoms with Gasteiger partial charge < -0.3 is 10.6 Å². The molecule has 0 spiro atoms. The Morgan fingerprint density at radius 2 is 1.75 bits per heavy atom. The molecule has 0 saturated carbocycles. The van der Waals surface area contributed by atoms with Gasteiger partial charge in [-0.1, -0.05) is 30.3 Å². The van der Waals surface area contributed by atoms with Gasteiger partial charge >= 0.3 is 0 Å². The normalized spacial score (nSPS) is 11.3. The fourth-order valence-corrected chi connectivity index (χ4v) is 1.46. The minimum absolute atomic E-state index is 0.452. The molecule has 8 nitrogen and oxygen atoms in total. The number of hydroxylamine groups is 1. The highest BCUT2D eigenvalue weighted by Gasteiger charge is 2.22. The highest BCUT2D eigenvalue weighted by molar-refractivity contribution is 5.91. The van der Waals surface area contributed by atoms with E-state index in [-0.39, 0.29) is 0 Å². The third-order valence-electron chi connectivity index (χ3n) is 2.38. The molecule has 0 fully saturated rings. The topological polar surface area (TPSA) is 127 Å². The lowest BCUT2D eigenvalue weighted by molar-refractivity contribution is -0.133. The second-order valence-electron chi connectivity index (χ2n) is 3.81. The van der Waals surface area contributed by atoms with Crippen LogP contribution in [0.4, 0.5) is 0 Å². The van der Waals surface area contributed by atoms with Gasteiger partial charge in [0.1, 0.15) is 6.04 Å². The van der Waals surface area contributed by atoms with Crippen molar-refractivity contribution in [2.75, 3.05) is 13.2 Å². The Morgan fingerprint density at radius 1 is 1.10 bits per heavy atom. The molecule has 0 aliphatic heterocycles. The Kier molecular flexibility index (Phi) is 6.14. The lowest BCUT2D eigenvalue weighted by Crippen LogP contribution is -2.44.